The first kappa shape index (κ1) is 18.3. The van der Waals surface area contributed by atoms with E-state index in [0.29, 0.717) is 35.1 Å². The van der Waals surface area contributed by atoms with Crippen molar-refractivity contribution in [2.75, 3.05) is 13.7 Å². The van der Waals surface area contributed by atoms with Crippen LogP contribution in [0.4, 0.5) is 0 Å². The molecule has 142 valence electrons. The van der Waals surface area contributed by atoms with E-state index in [1.807, 2.05) is 55.6 Å². The number of nitrogens with one attached hydrogen (secondary N) is 1. The summed E-state index contributed by atoms with van der Waals surface area (Å²) in [5.41, 5.74) is 5.75. The van der Waals surface area contributed by atoms with Crippen LogP contribution in [0.1, 0.15) is 11.3 Å². The molecule has 0 saturated carbocycles. The number of rotatable bonds is 7. The number of quaternary nitrogens is 1. The molecule has 1 aromatic heterocycles. The van der Waals surface area contributed by atoms with Gasteiger partial charge in [0.25, 0.3) is 5.11 Å². The van der Waals surface area contributed by atoms with Gasteiger partial charge in [-0.25, -0.2) is 14.9 Å². The van der Waals surface area contributed by atoms with Gasteiger partial charge in [0.2, 0.25) is 12.2 Å². The normalized spacial score (nSPS) is 18.2. The summed E-state index contributed by atoms with van der Waals surface area (Å²) in [5.74, 6) is 1.47. The number of hydrogen-bond donors (Lipinski definition) is 1. The van der Waals surface area contributed by atoms with Crippen LogP contribution in [-0.4, -0.2) is 34.6 Å². The minimum absolute atomic E-state index is 0.430. The van der Waals surface area contributed by atoms with Gasteiger partial charge in [-0.05, 0) is 24.3 Å². The molecule has 1 unspecified atom stereocenters. The summed E-state index contributed by atoms with van der Waals surface area (Å²) in [6.45, 7) is 1.19. The molecule has 3 aromatic rings. The third kappa shape index (κ3) is 3.95. The van der Waals surface area contributed by atoms with Crippen LogP contribution in [0.15, 0.2) is 70.4 Å². The Morgan fingerprint density at radius 1 is 1.11 bits per heavy atom. The minimum atomic E-state index is 0.430. The molecule has 28 heavy (non-hydrogen) atoms. The number of thiocarbonyl (C=S) groups is 1. The summed E-state index contributed by atoms with van der Waals surface area (Å²) in [4.78, 5) is 4.55. The molecule has 6 nitrogen and oxygen atoms in total. The van der Waals surface area contributed by atoms with Gasteiger partial charge in [-0.3, -0.25) is 0 Å². The molecule has 0 amide bonds. The van der Waals surface area contributed by atoms with E-state index in [4.69, 9.17) is 21.4 Å². The summed E-state index contributed by atoms with van der Waals surface area (Å²) in [5, 5.41) is 4.74. The molecule has 2 aromatic carbocycles. The Kier molecular flexibility index (Phi) is 5.18. The van der Waals surface area contributed by atoms with Gasteiger partial charge in [-0.2, -0.15) is 0 Å². The lowest BCUT2D eigenvalue weighted by Crippen LogP contribution is -2.46. The van der Waals surface area contributed by atoms with E-state index in [1.54, 1.807) is 12.6 Å². The van der Waals surface area contributed by atoms with Crippen molar-refractivity contribution < 1.29 is 13.6 Å². The highest BCUT2D eigenvalue weighted by Gasteiger charge is 2.32. The van der Waals surface area contributed by atoms with Crippen LogP contribution in [0.2, 0.25) is 0 Å². The number of ether oxygens (including phenoxy) is 1. The van der Waals surface area contributed by atoms with Gasteiger partial charge in [-0.1, -0.05) is 30.3 Å². The Bertz CT molecular complexity index is 1000. The number of aromatic nitrogens is 1. The van der Waals surface area contributed by atoms with Gasteiger partial charge in [-0.15, -0.1) is 5.10 Å². The Labute approximate surface area is 169 Å². The number of hydrazone groups is 1. The predicted molar refractivity (Wildman–Crippen MR) is 112 cm³/mol. The molecule has 1 atom stereocenters. The number of nitrogens with zero attached hydrogens (tertiary/aromatic N) is 3. The number of hydrogen-bond acceptors (Lipinski definition) is 5. The highest BCUT2D eigenvalue weighted by atomic mass is 32.1. The van der Waals surface area contributed by atoms with Gasteiger partial charge in [0.05, 0.1) is 19.3 Å². The van der Waals surface area contributed by atoms with Gasteiger partial charge in [0, 0.05) is 29.8 Å². The van der Waals surface area contributed by atoms with Crippen molar-refractivity contribution in [3.63, 3.8) is 0 Å². The lowest BCUT2D eigenvalue weighted by molar-refractivity contribution is -0.727. The highest BCUT2D eigenvalue weighted by molar-refractivity contribution is 7.80. The lowest BCUT2D eigenvalue weighted by atomic mass is 10.2. The molecule has 0 bridgehead atoms. The van der Waals surface area contributed by atoms with E-state index in [9.17, 15) is 0 Å². The zero-order chi connectivity index (χ0) is 19.4. The van der Waals surface area contributed by atoms with Crippen LogP contribution < -0.4 is 10.2 Å². The van der Waals surface area contributed by atoms with Crippen LogP contribution in [0.5, 0.6) is 5.75 Å². The molecular weight excluding hydrogens is 372 g/mol. The van der Waals surface area contributed by atoms with Gasteiger partial charge in [0.1, 0.15) is 18.6 Å². The Morgan fingerprint density at radius 2 is 1.89 bits per heavy atom. The smallest absolute Gasteiger partial charge is 0.296 e. The Morgan fingerprint density at radius 3 is 2.68 bits per heavy atom. The lowest BCUT2D eigenvalue weighted by Gasteiger charge is -2.24. The predicted octanol–water partition coefficient (Wildman–Crippen LogP) is 3.74. The molecule has 0 spiro atoms. The maximum Gasteiger partial charge on any atom is 0.296 e. The summed E-state index contributed by atoms with van der Waals surface area (Å²) in [6.07, 6.45) is 4.16. The molecule has 0 fully saturated rings. The fourth-order valence-electron chi connectivity index (χ4n) is 3.02. The Balaban J connectivity index is 1.39. The van der Waals surface area contributed by atoms with Crippen molar-refractivity contribution in [2.24, 2.45) is 5.10 Å². The number of benzene rings is 2. The maximum absolute atomic E-state index is 6.05. The molecular formula is C21H21N4O2S+. The standard InChI is InChI=1S/C21H20N4O2S/c1-25(15-22-24-21(25)28)13-17-9-5-6-10-19(17)26-12-11-18-14-27-20(23-18)16-7-3-2-4-8-16/h2-10,14-15H,11-13H2,1H3/p+1. The molecule has 0 aliphatic carbocycles. The van der Waals surface area contributed by atoms with Crippen molar-refractivity contribution in [1.29, 1.82) is 0 Å². The molecule has 1 N–H and O–H groups in total. The number of oxazole rings is 1. The quantitative estimate of drug-likeness (QED) is 0.489. The third-order valence-corrected chi connectivity index (χ3v) is 5.10. The van der Waals surface area contributed by atoms with Gasteiger partial charge >= 0.3 is 0 Å². The average molecular weight is 393 g/mol. The fourth-order valence-corrected chi connectivity index (χ4v) is 3.19. The zero-order valence-corrected chi connectivity index (χ0v) is 16.4. The van der Waals surface area contributed by atoms with Crippen LogP contribution >= 0.6 is 12.2 Å². The van der Waals surface area contributed by atoms with Gasteiger partial charge in [0.15, 0.2) is 0 Å². The monoisotopic (exact) mass is 393 g/mol. The largest absolute Gasteiger partial charge is 0.493 e. The molecule has 4 rings (SSSR count). The van der Waals surface area contributed by atoms with E-state index >= 15 is 0 Å². The molecule has 1 aliphatic heterocycles. The summed E-state index contributed by atoms with van der Waals surface area (Å²) in [6, 6.07) is 17.9. The van der Waals surface area contributed by atoms with Crippen molar-refractivity contribution in [2.45, 2.75) is 13.0 Å². The topological polar surface area (TPSA) is 59.7 Å². The first-order valence-corrected chi connectivity index (χ1v) is 9.45. The van der Waals surface area contributed by atoms with Crippen LogP contribution in [0, 0.1) is 0 Å². The van der Waals surface area contributed by atoms with E-state index in [1.165, 1.54) is 0 Å². The molecule has 2 heterocycles. The second kappa shape index (κ2) is 7.92. The Hall–Kier alpha value is -3.03. The average Bonchev–Trinajstić information content (AvgIpc) is 3.31. The maximum atomic E-state index is 6.05. The second-order valence-corrected chi connectivity index (χ2v) is 7.19. The van der Waals surface area contributed by atoms with Crippen LogP contribution in [0.3, 0.4) is 0 Å². The van der Waals surface area contributed by atoms with E-state index in [-0.39, 0.29) is 0 Å². The van der Waals surface area contributed by atoms with Crippen molar-refractivity contribution in [1.82, 2.24) is 10.4 Å². The van der Waals surface area contributed by atoms with Gasteiger partial charge < -0.3 is 9.15 Å². The summed E-state index contributed by atoms with van der Waals surface area (Å²) < 4.78 is 12.1. The van der Waals surface area contributed by atoms with Crippen molar-refractivity contribution in [3.8, 4) is 17.2 Å². The van der Waals surface area contributed by atoms with Crippen molar-refractivity contribution >= 4 is 23.7 Å². The molecule has 0 saturated heterocycles. The van der Waals surface area contributed by atoms with E-state index < -0.39 is 0 Å². The minimum Gasteiger partial charge on any atom is -0.493 e. The molecule has 1 aliphatic rings. The van der Waals surface area contributed by atoms with Crippen molar-refractivity contribution in [3.05, 3.63) is 72.1 Å². The number of para-hydroxylation sites is 1. The fraction of sp³-hybridized carbons (Fsp3) is 0.190. The van der Waals surface area contributed by atoms with E-state index in [2.05, 4.69) is 21.6 Å². The first-order chi connectivity index (χ1) is 13.6. The molecule has 0 radical (unpaired) electrons. The summed E-state index contributed by atoms with van der Waals surface area (Å²) >= 11 is 5.37. The van der Waals surface area contributed by atoms with Crippen LogP contribution in [0.25, 0.3) is 11.5 Å². The molecule has 7 heteroatoms. The third-order valence-electron chi connectivity index (χ3n) is 4.60. The zero-order valence-electron chi connectivity index (χ0n) is 15.5. The first-order valence-electron chi connectivity index (χ1n) is 9.04. The highest BCUT2D eigenvalue weighted by Crippen LogP contribution is 2.24. The summed E-state index contributed by atoms with van der Waals surface area (Å²) in [7, 11) is 2.02. The second-order valence-electron chi connectivity index (χ2n) is 6.80. The SMILES string of the molecule is C[N+]1(Cc2ccccc2OCCc2coc(-c3ccccc3)n2)C=NNC1=S. The van der Waals surface area contributed by atoms with E-state index in [0.717, 1.165) is 22.6 Å². The van der Waals surface area contributed by atoms with Crippen LogP contribution in [-0.2, 0) is 13.0 Å².